The number of nitrogens with zero attached hydrogens (tertiary/aromatic N) is 4. The van der Waals surface area contributed by atoms with Gasteiger partial charge in [-0.1, -0.05) is 12.1 Å². The molecule has 0 radical (unpaired) electrons. The molecule has 1 aromatic heterocycles. The van der Waals surface area contributed by atoms with Crippen LogP contribution in [-0.2, 0) is 17.1 Å². The largest absolute Gasteiger partial charge is 0.378 e. The lowest BCUT2D eigenvalue weighted by molar-refractivity contribution is -0.387. The van der Waals surface area contributed by atoms with Crippen molar-refractivity contribution in [1.82, 2.24) is 9.78 Å². The molecule has 0 fully saturated rings. The Kier molecular flexibility index (Phi) is 3.71. The minimum Gasteiger partial charge on any atom is -0.378 e. The molecule has 0 amide bonds. The Hall–Kier alpha value is -2.62. The van der Waals surface area contributed by atoms with Gasteiger partial charge in [0, 0.05) is 19.7 Å². The maximum atomic E-state index is 13.2. The maximum absolute atomic E-state index is 13.2. The van der Waals surface area contributed by atoms with Crippen LogP contribution in [0.15, 0.2) is 29.2 Å². The van der Waals surface area contributed by atoms with E-state index in [1.54, 1.807) is 20.9 Å². The minimum absolute atomic E-state index is 0.325. The summed E-state index contributed by atoms with van der Waals surface area (Å²) in [5, 5.41) is 18.7. The predicted molar refractivity (Wildman–Crippen MR) is 88.7 cm³/mol. The van der Waals surface area contributed by atoms with Crippen LogP contribution < -0.4 is 9.62 Å². The van der Waals surface area contributed by atoms with Crippen molar-refractivity contribution < 1.29 is 13.3 Å². The molecule has 10 heteroatoms. The molecule has 0 spiro atoms. The Bertz CT molecular complexity index is 921. The van der Waals surface area contributed by atoms with Crippen LogP contribution in [0.25, 0.3) is 0 Å². The van der Waals surface area contributed by atoms with E-state index in [9.17, 15) is 18.5 Å². The van der Waals surface area contributed by atoms with E-state index < -0.39 is 26.7 Å². The quantitative estimate of drug-likeness (QED) is 0.665. The number of rotatable bonds is 3. The third kappa shape index (κ3) is 2.30. The molecule has 1 N–H and O–H groups in total. The summed E-state index contributed by atoms with van der Waals surface area (Å²) in [6.45, 7) is 3.90. The highest BCUT2D eigenvalue weighted by molar-refractivity contribution is 7.93. The first-order valence-corrected chi connectivity index (χ1v) is 8.74. The molecule has 0 bridgehead atoms. The lowest BCUT2D eigenvalue weighted by atomic mass is 10.2. The molecule has 3 rings (SSSR count). The van der Waals surface area contributed by atoms with Gasteiger partial charge >= 0.3 is 0 Å². The summed E-state index contributed by atoms with van der Waals surface area (Å²) in [6, 6.07) is 4.94. The standard InChI is InChI=1S/C14H17N5O4S/c1-9-8-15-13-10(2)16-17(3)14(13)18(9)24(22,23)12-7-5-4-6-11(12)19(20)21/h4-7,9,15H,8H2,1-3H3. The summed E-state index contributed by atoms with van der Waals surface area (Å²) in [5.41, 5.74) is 0.851. The average Bonchev–Trinajstić information content (AvgIpc) is 2.81. The van der Waals surface area contributed by atoms with Gasteiger partial charge in [-0.3, -0.25) is 10.1 Å². The summed E-state index contributed by atoms with van der Waals surface area (Å²) < 4.78 is 29.1. The number of nitro benzene ring substituents is 1. The number of sulfonamides is 1. The smallest absolute Gasteiger partial charge is 0.289 e. The highest BCUT2D eigenvalue weighted by atomic mass is 32.2. The van der Waals surface area contributed by atoms with Gasteiger partial charge in [-0.25, -0.2) is 17.4 Å². The summed E-state index contributed by atoms with van der Waals surface area (Å²) >= 11 is 0. The molecule has 1 aromatic carbocycles. The van der Waals surface area contributed by atoms with Crippen LogP contribution in [-0.4, -0.2) is 35.7 Å². The highest BCUT2D eigenvalue weighted by Gasteiger charge is 2.40. The van der Waals surface area contributed by atoms with E-state index in [2.05, 4.69) is 10.4 Å². The van der Waals surface area contributed by atoms with E-state index in [1.807, 2.05) is 0 Å². The van der Waals surface area contributed by atoms with Gasteiger partial charge in [0.1, 0.15) is 5.69 Å². The van der Waals surface area contributed by atoms with E-state index in [0.29, 0.717) is 23.7 Å². The first-order chi connectivity index (χ1) is 11.2. The number of fused-ring (bicyclic) bond motifs is 1. The lowest BCUT2D eigenvalue weighted by Gasteiger charge is -2.35. The molecule has 0 saturated heterocycles. The van der Waals surface area contributed by atoms with Crippen molar-refractivity contribution in [2.45, 2.75) is 24.8 Å². The zero-order valence-electron chi connectivity index (χ0n) is 13.4. The average molecular weight is 351 g/mol. The van der Waals surface area contributed by atoms with E-state index in [-0.39, 0.29) is 4.90 Å². The predicted octanol–water partition coefficient (Wildman–Crippen LogP) is 1.65. The van der Waals surface area contributed by atoms with Gasteiger partial charge in [-0.05, 0) is 19.9 Å². The fourth-order valence-corrected chi connectivity index (χ4v) is 4.78. The van der Waals surface area contributed by atoms with Crippen LogP contribution in [0.3, 0.4) is 0 Å². The molecule has 24 heavy (non-hydrogen) atoms. The number of aryl methyl sites for hydroxylation is 2. The van der Waals surface area contributed by atoms with Gasteiger partial charge in [0.05, 0.1) is 16.7 Å². The second-order valence-electron chi connectivity index (χ2n) is 5.66. The zero-order chi connectivity index (χ0) is 17.6. The van der Waals surface area contributed by atoms with Gasteiger partial charge in [0.2, 0.25) is 0 Å². The lowest BCUT2D eigenvalue weighted by Crippen LogP contribution is -2.46. The number of hydrogen-bond donors (Lipinski definition) is 1. The van der Waals surface area contributed by atoms with Crippen LogP contribution in [0.5, 0.6) is 0 Å². The molecule has 0 saturated carbocycles. The molecule has 128 valence electrons. The number of para-hydroxylation sites is 1. The first kappa shape index (κ1) is 16.2. The number of anilines is 2. The SMILES string of the molecule is Cc1nn(C)c2c1NCC(C)N2S(=O)(=O)c1ccccc1[N+](=O)[O-]. The van der Waals surface area contributed by atoms with Crippen LogP contribution >= 0.6 is 0 Å². The molecule has 1 aliphatic heterocycles. The van der Waals surface area contributed by atoms with Crippen LogP contribution in [0.4, 0.5) is 17.2 Å². The van der Waals surface area contributed by atoms with E-state index in [4.69, 9.17) is 0 Å². The van der Waals surface area contributed by atoms with Gasteiger partial charge in [0.15, 0.2) is 10.7 Å². The second kappa shape index (κ2) is 5.48. The molecule has 1 aliphatic rings. The normalized spacial score (nSPS) is 17.3. The van der Waals surface area contributed by atoms with Crippen LogP contribution in [0, 0.1) is 17.0 Å². The van der Waals surface area contributed by atoms with Crippen LogP contribution in [0.2, 0.25) is 0 Å². The molecular formula is C14H17N5O4S. The first-order valence-electron chi connectivity index (χ1n) is 7.30. The fraction of sp³-hybridized carbons (Fsp3) is 0.357. The summed E-state index contributed by atoms with van der Waals surface area (Å²) in [6.07, 6.45) is 0. The zero-order valence-corrected chi connectivity index (χ0v) is 14.2. The number of aromatic nitrogens is 2. The van der Waals surface area contributed by atoms with Crippen LogP contribution in [0.1, 0.15) is 12.6 Å². The van der Waals surface area contributed by atoms with Gasteiger partial charge < -0.3 is 5.32 Å². The maximum Gasteiger partial charge on any atom is 0.289 e. The Morgan fingerprint density at radius 3 is 2.71 bits per heavy atom. The third-order valence-electron chi connectivity index (χ3n) is 3.97. The van der Waals surface area contributed by atoms with Crippen molar-refractivity contribution in [3.05, 3.63) is 40.1 Å². The molecule has 2 aromatic rings. The van der Waals surface area contributed by atoms with Gasteiger partial charge in [-0.15, -0.1) is 0 Å². The van der Waals surface area contributed by atoms with E-state index in [0.717, 1.165) is 0 Å². The van der Waals surface area contributed by atoms with Crippen molar-refractivity contribution in [1.29, 1.82) is 0 Å². The third-order valence-corrected chi connectivity index (χ3v) is 5.93. The molecule has 2 heterocycles. The van der Waals surface area contributed by atoms with E-state index in [1.165, 1.54) is 33.3 Å². The molecular weight excluding hydrogens is 334 g/mol. The van der Waals surface area contributed by atoms with Crippen molar-refractivity contribution >= 4 is 27.2 Å². The Labute approximate surface area is 139 Å². The highest BCUT2D eigenvalue weighted by Crippen LogP contribution is 2.39. The molecule has 0 aliphatic carbocycles. The molecule has 9 nitrogen and oxygen atoms in total. The Morgan fingerprint density at radius 2 is 2.04 bits per heavy atom. The summed E-state index contributed by atoms with van der Waals surface area (Å²) in [4.78, 5) is 10.2. The molecule has 1 unspecified atom stereocenters. The van der Waals surface area contributed by atoms with Gasteiger partial charge in [0.25, 0.3) is 15.7 Å². The van der Waals surface area contributed by atoms with Crippen molar-refractivity contribution in [2.75, 3.05) is 16.2 Å². The second-order valence-corrected chi connectivity index (χ2v) is 7.45. The van der Waals surface area contributed by atoms with Crippen molar-refractivity contribution in [2.24, 2.45) is 7.05 Å². The fourth-order valence-electron chi connectivity index (χ4n) is 2.93. The number of benzene rings is 1. The number of nitro groups is 1. The summed E-state index contributed by atoms with van der Waals surface area (Å²) in [7, 11) is -2.47. The Morgan fingerprint density at radius 1 is 1.38 bits per heavy atom. The van der Waals surface area contributed by atoms with Crippen molar-refractivity contribution in [3.8, 4) is 0 Å². The van der Waals surface area contributed by atoms with Gasteiger partial charge in [-0.2, -0.15) is 5.10 Å². The van der Waals surface area contributed by atoms with E-state index >= 15 is 0 Å². The number of hydrogen-bond acceptors (Lipinski definition) is 6. The topological polar surface area (TPSA) is 110 Å². The Balaban J connectivity index is 2.24. The monoisotopic (exact) mass is 351 g/mol. The summed E-state index contributed by atoms with van der Waals surface area (Å²) in [5.74, 6) is 0.379. The number of nitrogens with one attached hydrogen (secondary N) is 1. The van der Waals surface area contributed by atoms with Crippen molar-refractivity contribution in [3.63, 3.8) is 0 Å². The minimum atomic E-state index is -4.12. The molecule has 1 atom stereocenters.